The second-order valence-electron chi connectivity index (χ2n) is 5.53. The lowest BCUT2D eigenvalue weighted by molar-refractivity contribution is -0.138. The number of benzene rings is 1. The number of hydrogen-bond acceptors (Lipinski definition) is 3. The highest BCUT2D eigenvalue weighted by Gasteiger charge is 2.33. The van der Waals surface area contributed by atoms with Gasteiger partial charge in [-0.3, -0.25) is 0 Å². The van der Waals surface area contributed by atoms with E-state index in [1.807, 2.05) is 0 Å². The van der Waals surface area contributed by atoms with Crippen LogP contribution in [0.5, 0.6) is 0 Å². The molecule has 0 aliphatic carbocycles. The molecule has 118 valence electrons. The van der Waals surface area contributed by atoms with Crippen molar-refractivity contribution in [3.8, 4) is 0 Å². The summed E-state index contributed by atoms with van der Waals surface area (Å²) in [6.45, 7) is 3.51. The molecule has 2 N–H and O–H groups in total. The monoisotopic (exact) mass is 302 g/mol. The van der Waals surface area contributed by atoms with Crippen molar-refractivity contribution in [1.29, 1.82) is 0 Å². The number of nitrogens with two attached hydrogens (primary N) is 1. The Hall–Kier alpha value is -1.27. The quantitative estimate of drug-likeness (QED) is 0.933. The topological polar surface area (TPSA) is 38.5 Å². The molecule has 0 amide bonds. The molecule has 2 rings (SSSR count). The standard InChI is InChI=1S/C15H21F3N2O/c1-10-5-6-20(9-14(10)21-2)12-3-4-13(15(16,17)18)11(7-12)8-19/h3-4,7,10,14H,5-6,8-9,19H2,1-2H3. The summed E-state index contributed by atoms with van der Waals surface area (Å²) in [6.07, 6.45) is -3.31. The summed E-state index contributed by atoms with van der Waals surface area (Å²) in [4.78, 5) is 2.06. The van der Waals surface area contributed by atoms with Crippen molar-refractivity contribution in [3.63, 3.8) is 0 Å². The normalized spacial score (nSPS) is 23.4. The molecule has 1 aromatic rings. The lowest BCUT2D eigenvalue weighted by Gasteiger charge is -2.38. The van der Waals surface area contributed by atoms with E-state index in [9.17, 15) is 13.2 Å². The molecule has 1 aliphatic rings. The fourth-order valence-electron chi connectivity index (χ4n) is 2.80. The first kappa shape index (κ1) is 16.1. The van der Waals surface area contributed by atoms with Gasteiger partial charge in [-0.1, -0.05) is 6.92 Å². The second-order valence-corrected chi connectivity index (χ2v) is 5.53. The van der Waals surface area contributed by atoms with E-state index in [0.29, 0.717) is 12.5 Å². The van der Waals surface area contributed by atoms with Crippen LogP contribution in [0.2, 0.25) is 0 Å². The van der Waals surface area contributed by atoms with Crippen LogP contribution in [0, 0.1) is 5.92 Å². The number of nitrogens with zero attached hydrogens (tertiary/aromatic N) is 1. The Labute approximate surface area is 122 Å². The molecule has 2 unspecified atom stereocenters. The Morgan fingerprint density at radius 3 is 2.67 bits per heavy atom. The van der Waals surface area contributed by atoms with Crippen LogP contribution in [-0.4, -0.2) is 26.3 Å². The van der Waals surface area contributed by atoms with Gasteiger partial charge in [-0.25, -0.2) is 0 Å². The second kappa shape index (κ2) is 6.23. The number of rotatable bonds is 3. The zero-order chi connectivity index (χ0) is 15.6. The highest BCUT2D eigenvalue weighted by molar-refractivity contribution is 5.52. The zero-order valence-electron chi connectivity index (χ0n) is 12.3. The summed E-state index contributed by atoms with van der Waals surface area (Å²) in [6, 6.07) is 4.19. The molecule has 3 nitrogen and oxygen atoms in total. The van der Waals surface area contributed by atoms with E-state index in [1.165, 1.54) is 6.07 Å². The van der Waals surface area contributed by atoms with Crippen LogP contribution in [0.15, 0.2) is 18.2 Å². The molecule has 6 heteroatoms. The Morgan fingerprint density at radius 1 is 1.38 bits per heavy atom. The molecule has 0 radical (unpaired) electrons. The first-order chi connectivity index (χ1) is 9.86. The van der Waals surface area contributed by atoms with E-state index in [4.69, 9.17) is 10.5 Å². The third kappa shape index (κ3) is 3.49. The van der Waals surface area contributed by atoms with Gasteiger partial charge in [-0.2, -0.15) is 13.2 Å². The van der Waals surface area contributed by atoms with Crippen molar-refractivity contribution in [1.82, 2.24) is 0 Å². The molecule has 1 saturated heterocycles. The summed E-state index contributed by atoms with van der Waals surface area (Å²) < 4.78 is 44.1. The van der Waals surface area contributed by atoms with Crippen molar-refractivity contribution in [2.45, 2.75) is 32.2 Å². The van der Waals surface area contributed by atoms with Gasteiger partial charge in [0.15, 0.2) is 0 Å². The van der Waals surface area contributed by atoms with Crippen molar-refractivity contribution >= 4 is 5.69 Å². The van der Waals surface area contributed by atoms with Crippen LogP contribution in [0.3, 0.4) is 0 Å². The molecule has 0 bridgehead atoms. The van der Waals surface area contributed by atoms with Gasteiger partial charge in [0, 0.05) is 32.4 Å². The van der Waals surface area contributed by atoms with Gasteiger partial charge in [0.2, 0.25) is 0 Å². The van der Waals surface area contributed by atoms with Crippen LogP contribution in [0.1, 0.15) is 24.5 Å². The van der Waals surface area contributed by atoms with Crippen LogP contribution in [0.4, 0.5) is 18.9 Å². The SMILES string of the molecule is COC1CN(c2ccc(C(F)(F)F)c(CN)c2)CCC1C. The Bertz CT molecular complexity index is 490. The molecule has 1 aromatic carbocycles. The Balaban J connectivity index is 2.25. The number of methoxy groups -OCH3 is 1. The third-order valence-corrected chi connectivity index (χ3v) is 4.17. The molecule has 0 saturated carbocycles. The van der Waals surface area contributed by atoms with Crippen LogP contribution < -0.4 is 10.6 Å². The lowest BCUT2D eigenvalue weighted by atomic mass is 9.95. The van der Waals surface area contributed by atoms with Gasteiger partial charge in [0.25, 0.3) is 0 Å². The predicted octanol–water partition coefficient (Wildman–Crippen LogP) is 3.03. The average molecular weight is 302 g/mol. The maximum Gasteiger partial charge on any atom is 0.416 e. The predicted molar refractivity (Wildman–Crippen MR) is 76.1 cm³/mol. The van der Waals surface area contributed by atoms with Crippen LogP contribution in [0.25, 0.3) is 0 Å². The molecule has 1 heterocycles. The lowest BCUT2D eigenvalue weighted by Crippen LogP contribution is -2.44. The van der Waals surface area contributed by atoms with Crippen molar-refractivity contribution < 1.29 is 17.9 Å². The van der Waals surface area contributed by atoms with Gasteiger partial charge in [-0.05, 0) is 36.1 Å². The highest BCUT2D eigenvalue weighted by atomic mass is 19.4. The fraction of sp³-hybridized carbons (Fsp3) is 0.600. The highest BCUT2D eigenvalue weighted by Crippen LogP contribution is 2.34. The molecule has 21 heavy (non-hydrogen) atoms. The van der Waals surface area contributed by atoms with Crippen LogP contribution in [-0.2, 0) is 17.5 Å². The molecular weight excluding hydrogens is 281 g/mol. The summed E-state index contributed by atoms with van der Waals surface area (Å²) in [7, 11) is 1.67. The number of alkyl halides is 3. The first-order valence-electron chi connectivity index (χ1n) is 7.04. The maximum absolute atomic E-state index is 12.9. The molecular formula is C15H21F3N2O. The van der Waals surface area contributed by atoms with Gasteiger partial charge in [0.1, 0.15) is 0 Å². The van der Waals surface area contributed by atoms with E-state index in [2.05, 4.69) is 11.8 Å². The summed E-state index contributed by atoms with van der Waals surface area (Å²) in [5, 5.41) is 0. The molecule has 0 aromatic heterocycles. The fourth-order valence-corrected chi connectivity index (χ4v) is 2.80. The van der Waals surface area contributed by atoms with E-state index in [1.54, 1.807) is 13.2 Å². The van der Waals surface area contributed by atoms with E-state index >= 15 is 0 Å². The number of ether oxygens (including phenoxy) is 1. The summed E-state index contributed by atoms with van der Waals surface area (Å²) in [5.74, 6) is 0.453. The molecule has 2 atom stereocenters. The van der Waals surface area contributed by atoms with Crippen LogP contribution >= 0.6 is 0 Å². The largest absolute Gasteiger partial charge is 0.416 e. The molecule has 1 aliphatic heterocycles. The first-order valence-corrected chi connectivity index (χ1v) is 7.04. The maximum atomic E-state index is 12.9. The van der Waals surface area contributed by atoms with E-state index in [-0.39, 0.29) is 18.2 Å². The molecule has 0 spiro atoms. The Kier molecular flexibility index (Phi) is 4.78. The zero-order valence-corrected chi connectivity index (χ0v) is 12.3. The smallest absolute Gasteiger partial charge is 0.379 e. The van der Waals surface area contributed by atoms with Gasteiger partial charge in [-0.15, -0.1) is 0 Å². The number of anilines is 1. The van der Waals surface area contributed by atoms with Gasteiger partial charge >= 0.3 is 6.18 Å². The minimum absolute atomic E-state index is 0.0994. The summed E-state index contributed by atoms with van der Waals surface area (Å²) in [5.41, 5.74) is 5.73. The third-order valence-electron chi connectivity index (χ3n) is 4.17. The molecule has 1 fully saturated rings. The van der Waals surface area contributed by atoms with Crippen molar-refractivity contribution in [2.24, 2.45) is 11.7 Å². The van der Waals surface area contributed by atoms with Gasteiger partial charge < -0.3 is 15.4 Å². The van der Waals surface area contributed by atoms with E-state index in [0.717, 1.165) is 24.7 Å². The van der Waals surface area contributed by atoms with Gasteiger partial charge in [0.05, 0.1) is 11.7 Å². The van der Waals surface area contributed by atoms with E-state index < -0.39 is 11.7 Å². The minimum Gasteiger partial charge on any atom is -0.379 e. The number of piperidine rings is 1. The summed E-state index contributed by atoms with van der Waals surface area (Å²) >= 11 is 0. The van der Waals surface area contributed by atoms with Crippen molar-refractivity contribution in [3.05, 3.63) is 29.3 Å². The Morgan fingerprint density at radius 2 is 2.10 bits per heavy atom. The number of halogens is 3. The average Bonchev–Trinajstić information content (AvgIpc) is 2.46. The minimum atomic E-state index is -4.36. The van der Waals surface area contributed by atoms with Crippen molar-refractivity contribution in [2.75, 3.05) is 25.1 Å². The number of hydrogen-bond donors (Lipinski definition) is 1.